The molecule has 2 aromatic heterocycles. The van der Waals surface area contributed by atoms with Crippen LogP contribution in [-0.2, 0) is 6.42 Å². The van der Waals surface area contributed by atoms with Gasteiger partial charge >= 0.3 is 0 Å². The van der Waals surface area contributed by atoms with Gasteiger partial charge < -0.3 is 9.30 Å². The molecule has 1 fully saturated rings. The SMILES string of the molecule is Cc1ccc2nc(CC3CCN(C(C)C)C3)cn2c1. The zero-order valence-corrected chi connectivity index (χ0v) is 12.1. The van der Waals surface area contributed by atoms with Crippen LogP contribution in [0.4, 0.5) is 0 Å². The summed E-state index contributed by atoms with van der Waals surface area (Å²) in [5.41, 5.74) is 3.59. The first-order chi connectivity index (χ1) is 9.11. The molecule has 0 saturated carbocycles. The van der Waals surface area contributed by atoms with E-state index in [0.29, 0.717) is 6.04 Å². The number of fused-ring (bicyclic) bond motifs is 1. The number of aryl methyl sites for hydroxylation is 1. The van der Waals surface area contributed by atoms with E-state index in [2.05, 4.69) is 54.6 Å². The Morgan fingerprint density at radius 1 is 1.32 bits per heavy atom. The molecular weight excluding hydrogens is 234 g/mol. The maximum atomic E-state index is 4.73. The molecule has 0 N–H and O–H groups in total. The van der Waals surface area contributed by atoms with Gasteiger partial charge in [-0.25, -0.2) is 4.98 Å². The second kappa shape index (κ2) is 4.97. The third-order valence-corrected chi connectivity index (χ3v) is 4.19. The first-order valence-electron chi connectivity index (χ1n) is 7.30. The summed E-state index contributed by atoms with van der Waals surface area (Å²) in [7, 11) is 0. The number of likely N-dealkylation sites (tertiary alicyclic amines) is 1. The highest BCUT2D eigenvalue weighted by atomic mass is 15.2. The number of hydrogen-bond acceptors (Lipinski definition) is 2. The first kappa shape index (κ1) is 12.7. The van der Waals surface area contributed by atoms with E-state index in [1.54, 1.807) is 0 Å². The molecule has 1 saturated heterocycles. The maximum absolute atomic E-state index is 4.73. The van der Waals surface area contributed by atoms with Gasteiger partial charge in [0.05, 0.1) is 5.69 Å². The van der Waals surface area contributed by atoms with E-state index in [-0.39, 0.29) is 0 Å². The van der Waals surface area contributed by atoms with Gasteiger partial charge in [-0.2, -0.15) is 0 Å². The van der Waals surface area contributed by atoms with Crippen LogP contribution in [0.3, 0.4) is 0 Å². The zero-order valence-electron chi connectivity index (χ0n) is 12.1. The molecule has 102 valence electrons. The van der Waals surface area contributed by atoms with Gasteiger partial charge in [0, 0.05) is 25.0 Å². The highest BCUT2D eigenvalue weighted by Gasteiger charge is 2.24. The Balaban J connectivity index is 1.72. The summed E-state index contributed by atoms with van der Waals surface area (Å²) in [4.78, 5) is 7.31. The van der Waals surface area contributed by atoms with Crippen LogP contribution in [0.25, 0.3) is 5.65 Å². The Hall–Kier alpha value is -1.35. The molecule has 0 amide bonds. The van der Waals surface area contributed by atoms with Gasteiger partial charge in [0.25, 0.3) is 0 Å². The molecule has 0 spiro atoms. The fourth-order valence-electron chi connectivity index (χ4n) is 3.05. The lowest BCUT2D eigenvalue weighted by atomic mass is 10.0. The van der Waals surface area contributed by atoms with Gasteiger partial charge in [-0.05, 0) is 57.7 Å². The average Bonchev–Trinajstić information content (AvgIpc) is 2.95. The summed E-state index contributed by atoms with van der Waals surface area (Å²) in [6, 6.07) is 4.91. The normalized spacial score (nSPS) is 20.7. The topological polar surface area (TPSA) is 20.5 Å². The van der Waals surface area contributed by atoms with Crippen LogP contribution < -0.4 is 0 Å². The minimum absolute atomic E-state index is 0.675. The van der Waals surface area contributed by atoms with Gasteiger partial charge in [0.15, 0.2) is 0 Å². The molecule has 3 heterocycles. The number of hydrogen-bond donors (Lipinski definition) is 0. The van der Waals surface area contributed by atoms with Crippen LogP contribution >= 0.6 is 0 Å². The van der Waals surface area contributed by atoms with Crippen LogP contribution in [0, 0.1) is 12.8 Å². The van der Waals surface area contributed by atoms with E-state index < -0.39 is 0 Å². The standard InChI is InChI=1S/C16H23N3/c1-12(2)18-7-6-14(10-18)8-15-11-19-9-13(3)4-5-16(19)17-15/h4-5,9,11-12,14H,6-8,10H2,1-3H3. The summed E-state index contributed by atoms with van der Waals surface area (Å²) in [5, 5.41) is 0. The quantitative estimate of drug-likeness (QED) is 0.842. The Morgan fingerprint density at radius 3 is 2.89 bits per heavy atom. The van der Waals surface area contributed by atoms with Crippen molar-refractivity contribution in [2.75, 3.05) is 13.1 Å². The predicted molar refractivity (Wildman–Crippen MR) is 78.4 cm³/mol. The molecule has 0 bridgehead atoms. The van der Waals surface area contributed by atoms with Crippen molar-refractivity contribution in [3.8, 4) is 0 Å². The molecule has 2 aromatic rings. The van der Waals surface area contributed by atoms with Gasteiger partial charge in [-0.1, -0.05) is 6.07 Å². The third kappa shape index (κ3) is 2.66. The fourth-order valence-corrected chi connectivity index (χ4v) is 3.05. The zero-order chi connectivity index (χ0) is 13.4. The molecule has 0 aliphatic carbocycles. The molecule has 1 atom stereocenters. The van der Waals surface area contributed by atoms with E-state index >= 15 is 0 Å². The molecule has 3 heteroatoms. The molecule has 3 rings (SSSR count). The summed E-state index contributed by atoms with van der Waals surface area (Å²) in [6.07, 6.45) is 6.77. The van der Waals surface area contributed by atoms with Crippen molar-refractivity contribution in [2.45, 2.75) is 39.7 Å². The van der Waals surface area contributed by atoms with E-state index in [0.717, 1.165) is 18.0 Å². The minimum atomic E-state index is 0.675. The van der Waals surface area contributed by atoms with Crippen LogP contribution in [0.15, 0.2) is 24.5 Å². The monoisotopic (exact) mass is 257 g/mol. The van der Waals surface area contributed by atoms with Gasteiger partial charge in [0.2, 0.25) is 0 Å². The predicted octanol–water partition coefficient (Wildman–Crippen LogP) is 2.92. The largest absolute Gasteiger partial charge is 0.307 e. The number of aromatic nitrogens is 2. The smallest absolute Gasteiger partial charge is 0.136 e. The number of nitrogens with zero attached hydrogens (tertiary/aromatic N) is 3. The van der Waals surface area contributed by atoms with Crippen molar-refractivity contribution >= 4 is 5.65 Å². The molecule has 1 aliphatic heterocycles. The van der Waals surface area contributed by atoms with Gasteiger partial charge in [-0.3, -0.25) is 0 Å². The number of imidazole rings is 1. The second-order valence-corrected chi connectivity index (χ2v) is 6.15. The third-order valence-electron chi connectivity index (χ3n) is 4.19. The van der Waals surface area contributed by atoms with Gasteiger partial charge in [-0.15, -0.1) is 0 Å². The average molecular weight is 257 g/mol. The summed E-state index contributed by atoms with van der Waals surface area (Å²) in [6.45, 7) is 9.17. The number of pyridine rings is 1. The van der Waals surface area contributed by atoms with E-state index in [1.165, 1.54) is 30.8 Å². The molecule has 1 unspecified atom stereocenters. The summed E-state index contributed by atoms with van der Waals surface area (Å²) in [5.74, 6) is 0.772. The van der Waals surface area contributed by atoms with E-state index in [1.807, 2.05) is 0 Å². The van der Waals surface area contributed by atoms with Crippen molar-refractivity contribution < 1.29 is 0 Å². The molecule has 3 nitrogen and oxygen atoms in total. The van der Waals surface area contributed by atoms with Crippen LogP contribution in [0.1, 0.15) is 31.5 Å². The van der Waals surface area contributed by atoms with Crippen LogP contribution in [-0.4, -0.2) is 33.4 Å². The van der Waals surface area contributed by atoms with Crippen molar-refractivity contribution in [1.82, 2.24) is 14.3 Å². The Morgan fingerprint density at radius 2 is 2.16 bits per heavy atom. The molecule has 0 aromatic carbocycles. The highest BCUT2D eigenvalue weighted by Crippen LogP contribution is 2.22. The number of rotatable bonds is 3. The second-order valence-electron chi connectivity index (χ2n) is 6.15. The lowest BCUT2D eigenvalue weighted by Crippen LogP contribution is -2.28. The van der Waals surface area contributed by atoms with E-state index in [9.17, 15) is 0 Å². The van der Waals surface area contributed by atoms with Crippen LogP contribution in [0.5, 0.6) is 0 Å². The summed E-state index contributed by atoms with van der Waals surface area (Å²) >= 11 is 0. The Bertz CT molecular complexity index is 570. The van der Waals surface area contributed by atoms with Crippen molar-refractivity contribution in [3.63, 3.8) is 0 Å². The van der Waals surface area contributed by atoms with Crippen molar-refractivity contribution in [1.29, 1.82) is 0 Å². The maximum Gasteiger partial charge on any atom is 0.136 e. The minimum Gasteiger partial charge on any atom is -0.307 e. The van der Waals surface area contributed by atoms with Crippen molar-refractivity contribution in [3.05, 3.63) is 35.8 Å². The van der Waals surface area contributed by atoms with Gasteiger partial charge in [0.1, 0.15) is 5.65 Å². The van der Waals surface area contributed by atoms with Crippen molar-refractivity contribution in [2.24, 2.45) is 5.92 Å². The molecule has 19 heavy (non-hydrogen) atoms. The molecular formula is C16H23N3. The fraction of sp³-hybridized carbons (Fsp3) is 0.562. The Labute approximate surface area is 115 Å². The summed E-state index contributed by atoms with van der Waals surface area (Å²) < 4.78 is 2.15. The first-order valence-corrected chi connectivity index (χ1v) is 7.30. The lowest BCUT2D eigenvalue weighted by molar-refractivity contribution is 0.265. The Kier molecular flexibility index (Phi) is 3.31. The highest BCUT2D eigenvalue weighted by molar-refractivity contribution is 5.41. The molecule has 1 aliphatic rings. The lowest BCUT2D eigenvalue weighted by Gasteiger charge is -2.19. The molecule has 0 radical (unpaired) electrons. The van der Waals surface area contributed by atoms with Crippen LogP contribution in [0.2, 0.25) is 0 Å². The van der Waals surface area contributed by atoms with E-state index in [4.69, 9.17) is 4.98 Å².